The molecule has 0 radical (unpaired) electrons. The number of carbonyl (C=O) groups excluding carboxylic acids is 1. The van der Waals surface area contributed by atoms with E-state index in [0.717, 1.165) is 24.7 Å². The third-order valence-corrected chi connectivity index (χ3v) is 2.89. The zero-order valence-electron chi connectivity index (χ0n) is 10.5. The predicted octanol–water partition coefficient (Wildman–Crippen LogP) is 1.64. The Balaban J connectivity index is 2.50. The van der Waals surface area contributed by atoms with Crippen molar-refractivity contribution in [2.45, 2.75) is 19.8 Å². The highest BCUT2D eigenvalue weighted by Crippen LogP contribution is 2.08. The van der Waals surface area contributed by atoms with Crippen LogP contribution in [0, 0.1) is 0 Å². The van der Waals surface area contributed by atoms with Crippen molar-refractivity contribution in [2.24, 2.45) is 0 Å². The van der Waals surface area contributed by atoms with Crippen LogP contribution in [0.1, 0.15) is 18.9 Å². The van der Waals surface area contributed by atoms with Gasteiger partial charge in [-0.3, -0.25) is 4.79 Å². The van der Waals surface area contributed by atoms with Gasteiger partial charge in [-0.2, -0.15) is 0 Å². The molecular weight excluding hydrogens is 250 g/mol. The quantitative estimate of drug-likeness (QED) is 0.825. The molecule has 4 nitrogen and oxygen atoms in total. The first-order valence-corrected chi connectivity index (χ1v) is 7.49. The lowest BCUT2D eigenvalue weighted by molar-refractivity contribution is -0.114. The number of carbonyl (C=O) groups is 1. The van der Waals surface area contributed by atoms with Crippen molar-refractivity contribution in [3.05, 3.63) is 47.5 Å². The summed E-state index contributed by atoms with van der Waals surface area (Å²) in [7, 11) is -3.48. The van der Waals surface area contributed by atoms with Gasteiger partial charge in [-0.05, 0) is 25.3 Å². The van der Waals surface area contributed by atoms with E-state index in [1.165, 1.54) is 11.6 Å². The lowest BCUT2D eigenvalue weighted by Crippen LogP contribution is -2.27. The number of sulfonamides is 1. The van der Waals surface area contributed by atoms with Crippen LogP contribution in [-0.2, 0) is 21.2 Å². The van der Waals surface area contributed by atoms with Crippen molar-refractivity contribution in [2.75, 3.05) is 6.26 Å². The topological polar surface area (TPSA) is 63.2 Å². The van der Waals surface area contributed by atoms with E-state index in [1.807, 2.05) is 42.0 Å². The first-order chi connectivity index (χ1) is 8.37. The fourth-order valence-electron chi connectivity index (χ4n) is 1.49. The fraction of sp³-hybridized carbons (Fsp3) is 0.308. The van der Waals surface area contributed by atoms with Gasteiger partial charge >= 0.3 is 0 Å². The maximum atomic E-state index is 11.3. The summed E-state index contributed by atoms with van der Waals surface area (Å²) < 4.78 is 23.6. The molecule has 0 heterocycles. The minimum absolute atomic E-state index is 0.594. The van der Waals surface area contributed by atoms with Crippen LogP contribution in [0.4, 0.5) is 0 Å². The van der Waals surface area contributed by atoms with E-state index in [1.54, 1.807) is 0 Å². The van der Waals surface area contributed by atoms with Gasteiger partial charge in [-0.1, -0.05) is 35.9 Å². The smallest absolute Gasteiger partial charge is 0.257 e. The Labute approximate surface area is 108 Å². The van der Waals surface area contributed by atoms with Crippen molar-refractivity contribution in [3.63, 3.8) is 0 Å². The summed E-state index contributed by atoms with van der Waals surface area (Å²) in [5, 5.41) is 0. The molecule has 0 unspecified atom stereocenters. The zero-order valence-corrected chi connectivity index (χ0v) is 11.3. The number of amides is 1. The molecule has 1 aromatic carbocycles. The van der Waals surface area contributed by atoms with Gasteiger partial charge in [-0.15, -0.1) is 0 Å². The molecule has 0 aliphatic rings. The lowest BCUT2D eigenvalue weighted by atomic mass is 10.1. The highest BCUT2D eigenvalue weighted by atomic mass is 32.2. The van der Waals surface area contributed by atoms with Crippen LogP contribution >= 0.6 is 0 Å². The summed E-state index contributed by atoms with van der Waals surface area (Å²) >= 11 is 0. The van der Waals surface area contributed by atoms with Crippen molar-refractivity contribution in [3.8, 4) is 0 Å². The molecule has 0 aliphatic heterocycles. The van der Waals surface area contributed by atoms with Crippen molar-refractivity contribution >= 4 is 15.9 Å². The Hall–Kier alpha value is -1.62. The summed E-state index contributed by atoms with van der Waals surface area (Å²) in [6, 6.07) is 9.91. The summed E-state index contributed by atoms with van der Waals surface area (Å²) in [4.78, 5) is 11.3. The molecule has 0 spiro atoms. The maximum absolute atomic E-state index is 11.3. The SMILES string of the molecule is CC(=CC(=O)NS(C)(=O)=O)CCc1ccccc1. The molecule has 0 atom stereocenters. The molecule has 1 rings (SSSR count). The normalized spacial score (nSPS) is 12.2. The molecule has 98 valence electrons. The van der Waals surface area contributed by atoms with Gasteiger partial charge in [0.15, 0.2) is 0 Å². The number of aryl methyl sites for hydroxylation is 1. The molecular formula is C13H17NO3S. The van der Waals surface area contributed by atoms with Gasteiger partial charge in [0.25, 0.3) is 5.91 Å². The Morgan fingerprint density at radius 3 is 2.44 bits per heavy atom. The van der Waals surface area contributed by atoms with Crippen LogP contribution in [0.2, 0.25) is 0 Å². The van der Waals surface area contributed by atoms with E-state index in [-0.39, 0.29) is 0 Å². The minimum atomic E-state index is -3.48. The Morgan fingerprint density at radius 1 is 1.28 bits per heavy atom. The molecule has 5 heteroatoms. The number of benzene rings is 1. The second kappa shape index (κ2) is 6.35. The fourth-order valence-corrected chi connectivity index (χ4v) is 1.92. The van der Waals surface area contributed by atoms with Crippen LogP contribution in [0.5, 0.6) is 0 Å². The summed E-state index contributed by atoms with van der Waals surface area (Å²) in [5.74, 6) is -0.594. The summed E-state index contributed by atoms with van der Waals surface area (Å²) in [6.07, 6.45) is 3.83. The van der Waals surface area contributed by atoms with Gasteiger partial charge < -0.3 is 0 Å². The highest BCUT2D eigenvalue weighted by molar-refractivity contribution is 7.89. The van der Waals surface area contributed by atoms with E-state index in [0.29, 0.717) is 0 Å². The van der Waals surface area contributed by atoms with E-state index in [2.05, 4.69) is 0 Å². The number of allylic oxidation sites excluding steroid dienone is 1. The second-order valence-corrected chi connectivity index (χ2v) is 5.96. The molecule has 18 heavy (non-hydrogen) atoms. The first-order valence-electron chi connectivity index (χ1n) is 5.59. The van der Waals surface area contributed by atoms with Crippen LogP contribution in [0.15, 0.2) is 42.0 Å². The summed E-state index contributed by atoms with van der Waals surface area (Å²) in [6.45, 7) is 1.81. The van der Waals surface area contributed by atoms with Crippen LogP contribution in [0.3, 0.4) is 0 Å². The van der Waals surface area contributed by atoms with E-state index < -0.39 is 15.9 Å². The van der Waals surface area contributed by atoms with E-state index >= 15 is 0 Å². The van der Waals surface area contributed by atoms with Crippen LogP contribution in [-0.4, -0.2) is 20.6 Å². The summed E-state index contributed by atoms with van der Waals surface area (Å²) in [5.41, 5.74) is 2.04. The molecule has 0 fully saturated rings. The Kier molecular flexibility index (Phi) is 5.09. The number of hydrogen-bond acceptors (Lipinski definition) is 3. The first kappa shape index (κ1) is 14.4. The Morgan fingerprint density at radius 2 is 1.89 bits per heavy atom. The average molecular weight is 267 g/mol. The van der Waals surface area contributed by atoms with E-state index in [9.17, 15) is 13.2 Å². The standard InChI is InChI=1S/C13H17NO3S/c1-11(10-13(15)14-18(2,16)17)8-9-12-6-4-3-5-7-12/h3-7,10H,8-9H2,1-2H3,(H,14,15). The maximum Gasteiger partial charge on any atom is 0.257 e. The number of nitrogens with one attached hydrogen (secondary N) is 1. The molecule has 0 aliphatic carbocycles. The third-order valence-electron chi connectivity index (χ3n) is 2.31. The molecule has 1 N–H and O–H groups in total. The van der Waals surface area contributed by atoms with E-state index in [4.69, 9.17) is 0 Å². The molecule has 1 aromatic rings. The number of rotatable bonds is 5. The minimum Gasteiger partial charge on any atom is -0.269 e. The van der Waals surface area contributed by atoms with Crippen molar-refractivity contribution in [1.29, 1.82) is 0 Å². The molecule has 0 bridgehead atoms. The molecule has 0 saturated heterocycles. The number of hydrogen-bond donors (Lipinski definition) is 1. The predicted molar refractivity (Wildman–Crippen MR) is 71.5 cm³/mol. The molecule has 0 aromatic heterocycles. The van der Waals surface area contributed by atoms with Gasteiger partial charge in [-0.25, -0.2) is 13.1 Å². The van der Waals surface area contributed by atoms with Gasteiger partial charge in [0, 0.05) is 6.08 Å². The molecule has 1 amide bonds. The monoisotopic (exact) mass is 267 g/mol. The van der Waals surface area contributed by atoms with Crippen LogP contribution < -0.4 is 4.72 Å². The van der Waals surface area contributed by atoms with Crippen LogP contribution in [0.25, 0.3) is 0 Å². The zero-order chi connectivity index (χ0) is 13.6. The van der Waals surface area contributed by atoms with Crippen molar-refractivity contribution in [1.82, 2.24) is 4.72 Å². The second-order valence-electron chi connectivity index (χ2n) is 4.21. The lowest BCUT2D eigenvalue weighted by Gasteiger charge is -2.03. The van der Waals surface area contributed by atoms with Gasteiger partial charge in [0.2, 0.25) is 10.0 Å². The average Bonchev–Trinajstić information content (AvgIpc) is 2.25. The largest absolute Gasteiger partial charge is 0.269 e. The van der Waals surface area contributed by atoms with Gasteiger partial charge in [0.05, 0.1) is 6.26 Å². The van der Waals surface area contributed by atoms with Crippen molar-refractivity contribution < 1.29 is 13.2 Å². The Bertz CT molecular complexity index is 533. The molecule has 0 saturated carbocycles. The third kappa shape index (κ3) is 6.20. The highest BCUT2D eigenvalue weighted by Gasteiger charge is 2.05. The van der Waals surface area contributed by atoms with Gasteiger partial charge in [0.1, 0.15) is 0 Å².